The summed E-state index contributed by atoms with van der Waals surface area (Å²) in [6, 6.07) is 0. The fourth-order valence-electron chi connectivity index (χ4n) is 3.31. The van der Waals surface area contributed by atoms with Crippen LogP contribution in [0.4, 0.5) is 0 Å². The number of aromatic nitrogens is 2. The summed E-state index contributed by atoms with van der Waals surface area (Å²) in [6.45, 7) is 11.4. The lowest BCUT2D eigenvalue weighted by atomic mass is 9.89. The van der Waals surface area contributed by atoms with E-state index >= 15 is 0 Å². The molecule has 0 radical (unpaired) electrons. The molecule has 2 heterocycles. The van der Waals surface area contributed by atoms with Gasteiger partial charge in [-0.3, -0.25) is 9.58 Å². The lowest BCUT2D eigenvalue weighted by Crippen LogP contribution is -2.34. The molecule has 1 saturated heterocycles. The Morgan fingerprint density at radius 1 is 1.27 bits per heavy atom. The van der Waals surface area contributed by atoms with E-state index in [-0.39, 0.29) is 17.8 Å². The van der Waals surface area contributed by atoms with Gasteiger partial charge >= 0.3 is 0 Å². The lowest BCUT2D eigenvalue weighted by Gasteiger charge is -2.32. The van der Waals surface area contributed by atoms with Crippen molar-refractivity contribution in [2.75, 3.05) is 26.7 Å². The number of piperidine rings is 1. The van der Waals surface area contributed by atoms with Crippen molar-refractivity contribution < 1.29 is 0 Å². The summed E-state index contributed by atoms with van der Waals surface area (Å²) in [7, 11) is 4.08. The van der Waals surface area contributed by atoms with Gasteiger partial charge in [-0.05, 0) is 51.9 Å². The Kier molecular flexibility index (Phi) is 7.36. The van der Waals surface area contributed by atoms with Crippen LogP contribution < -0.4 is 5.32 Å². The Balaban J connectivity index is 0.00000242. The molecule has 22 heavy (non-hydrogen) atoms. The normalized spacial score (nSPS) is 17.5. The molecule has 4 nitrogen and oxygen atoms in total. The van der Waals surface area contributed by atoms with Crippen LogP contribution in [-0.2, 0) is 19.0 Å². The van der Waals surface area contributed by atoms with Gasteiger partial charge in [0, 0.05) is 30.8 Å². The Bertz CT molecular complexity index is 442. The zero-order valence-electron chi connectivity index (χ0n) is 14.9. The fraction of sp³-hybridized carbons (Fsp3) is 0.824. The van der Waals surface area contributed by atoms with Crippen LogP contribution in [0.25, 0.3) is 0 Å². The van der Waals surface area contributed by atoms with E-state index in [9.17, 15) is 0 Å². The first-order valence-electron chi connectivity index (χ1n) is 8.30. The molecule has 0 atom stereocenters. The Labute approximate surface area is 142 Å². The van der Waals surface area contributed by atoms with Gasteiger partial charge in [0.25, 0.3) is 0 Å². The third-order valence-corrected chi connectivity index (χ3v) is 4.52. The molecule has 0 aliphatic carbocycles. The number of hydrogen-bond acceptors (Lipinski definition) is 3. The summed E-state index contributed by atoms with van der Waals surface area (Å²) in [4.78, 5) is 2.60. The standard InChI is InChI=1S/C17H32N4.ClH/c1-17(2,3)16-15(12-20(5)19-16)13-21-10-7-14(8-11-21)6-9-18-4;/h12,14,18H,6-11,13H2,1-5H3;1H. The van der Waals surface area contributed by atoms with Crippen molar-refractivity contribution in [2.24, 2.45) is 13.0 Å². The molecule has 1 aromatic rings. The van der Waals surface area contributed by atoms with Crippen molar-refractivity contribution in [3.63, 3.8) is 0 Å². The minimum Gasteiger partial charge on any atom is -0.320 e. The zero-order chi connectivity index (χ0) is 15.5. The van der Waals surface area contributed by atoms with Crippen molar-refractivity contribution >= 4 is 12.4 Å². The molecule has 128 valence electrons. The van der Waals surface area contributed by atoms with Gasteiger partial charge in [0.15, 0.2) is 0 Å². The molecule has 0 unspecified atom stereocenters. The van der Waals surface area contributed by atoms with Crippen LogP contribution in [0.15, 0.2) is 6.20 Å². The number of nitrogens with one attached hydrogen (secondary N) is 1. The highest BCUT2D eigenvalue weighted by Crippen LogP contribution is 2.27. The van der Waals surface area contributed by atoms with Gasteiger partial charge < -0.3 is 5.32 Å². The molecular formula is C17H33ClN4. The van der Waals surface area contributed by atoms with Crippen molar-refractivity contribution in [3.05, 3.63) is 17.5 Å². The van der Waals surface area contributed by atoms with Crippen LogP contribution in [0, 0.1) is 5.92 Å². The number of likely N-dealkylation sites (tertiary alicyclic amines) is 1. The van der Waals surface area contributed by atoms with Gasteiger partial charge in [-0.25, -0.2) is 0 Å². The SMILES string of the molecule is CNCCC1CCN(Cc2cn(C)nc2C(C)(C)C)CC1.Cl. The molecule has 1 N–H and O–H groups in total. The van der Waals surface area contributed by atoms with Crippen molar-refractivity contribution in [3.8, 4) is 0 Å². The second-order valence-corrected chi connectivity index (χ2v) is 7.54. The molecule has 0 saturated carbocycles. The molecule has 1 aliphatic rings. The topological polar surface area (TPSA) is 33.1 Å². The molecular weight excluding hydrogens is 296 g/mol. The second-order valence-electron chi connectivity index (χ2n) is 7.54. The lowest BCUT2D eigenvalue weighted by molar-refractivity contribution is 0.171. The summed E-state index contributed by atoms with van der Waals surface area (Å²) in [6.07, 6.45) is 6.21. The molecule has 0 amide bonds. The fourth-order valence-corrected chi connectivity index (χ4v) is 3.31. The largest absolute Gasteiger partial charge is 0.320 e. The number of aryl methyl sites for hydroxylation is 1. The van der Waals surface area contributed by atoms with Crippen LogP contribution in [0.1, 0.15) is 51.3 Å². The molecule has 1 aliphatic heterocycles. The predicted octanol–water partition coefficient (Wildman–Crippen LogP) is 2.96. The van der Waals surface area contributed by atoms with Crippen LogP contribution in [0.3, 0.4) is 0 Å². The summed E-state index contributed by atoms with van der Waals surface area (Å²) < 4.78 is 1.97. The summed E-state index contributed by atoms with van der Waals surface area (Å²) in [5, 5.41) is 7.95. The maximum atomic E-state index is 4.68. The monoisotopic (exact) mass is 328 g/mol. The molecule has 2 rings (SSSR count). The molecule has 5 heteroatoms. The average Bonchev–Trinajstić information content (AvgIpc) is 2.79. The molecule has 1 aromatic heterocycles. The van der Waals surface area contributed by atoms with E-state index in [1.807, 2.05) is 18.8 Å². The first-order valence-corrected chi connectivity index (χ1v) is 8.30. The highest BCUT2D eigenvalue weighted by Gasteiger charge is 2.25. The van der Waals surface area contributed by atoms with E-state index in [1.54, 1.807) is 0 Å². The molecule has 0 aromatic carbocycles. The average molecular weight is 329 g/mol. The van der Waals surface area contributed by atoms with E-state index in [0.29, 0.717) is 0 Å². The summed E-state index contributed by atoms with van der Waals surface area (Å²) in [5.41, 5.74) is 2.78. The van der Waals surface area contributed by atoms with Gasteiger partial charge in [-0.1, -0.05) is 20.8 Å². The third kappa shape index (κ3) is 5.25. The van der Waals surface area contributed by atoms with E-state index in [2.05, 4.69) is 42.3 Å². The Morgan fingerprint density at radius 2 is 1.91 bits per heavy atom. The molecule has 0 spiro atoms. The number of halogens is 1. The van der Waals surface area contributed by atoms with Crippen molar-refractivity contribution in [1.82, 2.24) is 20.0 Å². The number of hydrogen-bond donors (Lipinski definition) is 1. The van der Waals surface area contributed by atoms with E-state index < -0.39 is 0 Å². The van der Waals surface area contributed by atoms with Crippen LogP contribution >= 0.6 is 12.4 Å². The first-order chi connectivity index (χ1) is 9.90. The second kappa shape index (κ2) is 8.32. The Morgan fingerprint density at radius 3 is 2.45 bits per heavy atom. The number of rotatable bonds is 5. The quantitative estimate of drug-likeness (QED) is 0.902. The smallest absolute Gasteiger partial charge is 0.0722 e. The summed E-state index contributed by atoms with van der Waals surface area (Å²) >= 11 is 0. The van der Waals surface area contributed by atoms with Gasteiger partial charge in [-0.15, -0.1) is 12.4 Å². The van der Waals surface area contributed by atoms with Gasteiger partial charge in [0.05, 0.1) is 5.69 Å². The van der Waals surface area contributed by atoms with Crippen LogP contribution in [-0.4, -0.2) is 41.4 Å². The van der Waals surface area contributed by atoms with Gasteiger partial charge in [0.1, 0.15) is 0 Å². The van der Waals surface area contributed by atoms with E-state index in [4.69, 9.17) is 0 Å². The minimum absolute atomic E-state index is 0. The van der Waals surface area contributed by atoms with Crippen molar-refractivity contribution in [1.29, 1.82) is 0 Å². The van der Waals surface area contributed by atoms with Crippen LogP contribution in [0.5, 0.6) is 0 Å². The first kappa shape index (κ1) is 19.5. The van der Waals surface area contributed by atoms with Crippen molar-refractivity contribution in [2.45, 2.75) is 52.0 Å². The van der Waals surface area contributed by atoms with Crippen LogP contribution in [0.2, 0.25) is 0 Å². The highest BCUT2D eigenvalue weighted by atomic mass is 35.5. The van der Waals surface area contributed by atoms with E-state index in [0.717, 1.165) is 19.0 Å². The maximum absolute atomic E-state index is 4.68. The highest BCUT2D eigenvalue weighted by molar-refractivity contribution is 5.85. The van der Waals surface area contributed by atoms with E-state index in [1.165, 1.54) is 43.6 Å². The van der Waals surface area contributed by atoms with Gasteiger partial charge in [-0.2, -0.15) is 5.10 Å². The summed E-state index contributed by atoms with van der Waals surface area (Å²) in [5.74, 6) is 0.907. The molecule has 1 fully saturated rings. The Hall–Kier alpha value is -0.580. The third-order valence-electron chi connectivity index (χ3n) is 4.52. The zero-order valence-corrected chi connectivity index (χ0v) is 15.7. The predicted molar refractivity (Wildman–Crippen MR) is 95.7 cm³/mol. The number of nitrogens with zero attached hydrogens (tertiary/aromatic N) is 3. The minimum atomic E-state index is 0. The maximum Gasteiger partial charge on any atom is 0.0722 e. The van der Waals surface area contributed by atoms with Gasteiger partial charge in [0.2, 0.25) is 0 Å². The molecule has 0 bridgehead atoms.